The molecule has 1 aliphatic rings. The Morgan fingerprint density at radius 1 is 1.42 bits per heavy atom. The van der Waals surface area contributed by atoms with Crippen LogP contribution in [0.25, 0.3) is 0 Å². The lowest BCUT2D eigenvalue weighted by molar-refractivity contribution is -0.124. The first-order chi connectivity index (χ1) is 9.11. The molecule has 3 heteroatoms. The van der Waals surface area contributed by atoms with Crippen molar-refractivity contribution in [2.24, 2.45) is 11.7 Å². The van der Waals surface area contributed by atoms with E-state index in [0.717, 1.165) is 25.7 Å². The quantitative estimate of drug-likeness (QED) is 0.870. The number of rotatable bonds is 4. The lowest BCUT2D eigenvalue weighted by atomic mass is 9.88. The van der Waals surface area contributed by atoms with Crippen LogP contribution in [0.15, 0.2) is 24.3 Å². The summed E-state index contributed by atoms with van der Waals surface area (Å²) in [5.41, 5.74) is 8.74. The van der Waals surface area contributed by atoms with E-state index in [-0.39, 0.29) is 23.9 Å². The normalized spacial score (nSPS) is 21.3. The molecule has 0 heterocycles. The maximum atomic E-state index is 12.1. The molecule has 3 N–H and O–H groups in total. The molecule has 0 radical (unpaired) electrons. The lowest BCUT2D eigenvalue weighted by Gasteiger charge is -2.27. The summed E-state index contributed by atoms with van der Waals surface area (Å²) in [6.07, 6.45) is 3.91. The van der Waals surface area contributed by atoms with Gasteiger partial charge in [0.25, 0.3) is 0 Å². The molecule has 2 rings (SSSR count). The van der Waals surface area contributed by atoms with Gasteiger partial charge in [0.2, 0.25) is 5.91 Å². The van der Waals surface area contributed by atoms with Crippen molar-refractivity contribution in [1.29, 1.82) is 0 Å². The molecular formula is C16H24N2O. The summed E-state index contributed by atoms with van der Waals surface area (Å²) in [5.74, 6) is 0.231. The highest BCUT2D eigenvalue weighted by molar-refractivity contribution is 5.82. The summed E-state index contributed by atoms with van der Waals surface area (Å²) >= 11 is 0. The molecule has 104 valence electrons. The number of carbonyl (C=O) groups is 1. The number of benzene rings is 1. The molecule has 0 saturated carbocycles. The monoisotopic (exact) mass is 260 g/mol. The maximum absolute atomic E-state index is 12.1. The molecule has 0 aliphatic heterocycles. The first-order valence-corrected chi connectivity index (χ1v) is 7.24. The molecule has 1 aliphatic carbocycles. The molecule has 0 saturated heterocycles. The smallest absolute Gasteiger partial charge is 0.237 e. The van der Waals surface area contributed by atoms with Gasteiger partial charge >= 0.3 is 0 Å². The van der Waals surface area contributed by atoms with Gasteiger partial charge in [0.15, 0.2) is 0 Å². The Kier molecular flexibility index (Phi) is 4.59. The van der Waals surface area contributed by atoms with Crippen molar-refractivity contribution in [3.8, 4) is 0 Å². The second-order valence-corrected chi connectivity index (χ2v) is 5.63. The first-order valence-electron chi connectivity index (χ1n) is 7.24. The molecule has 1 amide bonds. The Labute approximate surface area is 115 Å². The zero-order valence-corrected chi connectivity index (χ0v) is 11.9. The number of hydrogen-bond donors (Lipinski definition) is 2. The van der Waals surface area contributed by atoms with E-state index in [9.17, 15) is 4.79 Å². The second-order valence-electron chi connectivity index (χ2n) is 5.63. The zero-order chi connectivity index (χ0) is 13.8. The second kappa shape index (κ2) is 6.20. The Morgan fingerprint density at radius 2 is 2.11 bits per heavy atom. The van der Waals surface area contributed by atoms with Crippen LogP contribution in [0.3, 0.4) is 0 Å². The molecule has 3 atom stereocenters. The van der Waals surface area contributed by atoms with Crippen molar-refractivity contribution >= 4 is 5.91 Å². The van der Waals surface area contributed by atoms with Crippen LogP contribution in [0.2, 0.25) is 0 Å². The number of amides is 1. The SMILES string of the molecule is CCC(C)[C@H](N)C(=O)NC1CCc2ccccc2C1. The minimum Gasteiger partial charge on any atom is -0.352 e. The van der Waals surface area contributed by atoms with Crippen molar-refractivity contribution in [3.05, 3.63) is 35.4 Å². The van der Waals surface area contributed by atoms with E-state index in [1.807, 2.05) is 6.92 Å². The van der Waals surface area contributed by atoms with E-state index in [4.69, 9.17) is 5.73 Å². The maximum Gasteiger partial charge on any atom is 0.237 e. The van der Waals surface area contributed by atoms with Crippen LogP contribution in [0.4, 0.5) is 0 Å². The van der Waals surface area contributed by atoms with Crippen molar-refractivity contribution in [2.75, 3.05) is 0 Å². The van der Waals surface area contributed by atoms with E-state index in [0.29, 0.717) is 0 Å². The summed E-state index contributed by atoms with van der Waals surface area (Å²) in [4.78, 5) is 12.1. The van der Waals surface area contributed by atoms with Gasteiger partial charge in [-0.1, -0.05) is 44.5 Å². The van der Waals surface area contributed by atoms with Crippen LogP contribution in [0.5, 0.6) is 0 Å². The van der Waals surface area contributed by atoms with E-state index in [2.05, 4.69) is 36.5 Å². The molecule has 0 aromatic heterocycles. The number of hydrogen-bond acceptors (Lipinski definition) is 2. The number of fused-ring (bicyclic) bond motifs is 1. The Balaban J connectivity index is 1.93. The van der Waals surface area contributed by atoms with E-state index in [1.165, 1.54) is 11.1 Å². The summed E-state index contributed by atoms with van der Waals surface area (Å²) in [7, 11) is 0. The minimum atomic E-state index is -0.387. The molecule has 0 fully saturated rings. The van der Waals surface area contributed by atoms with Gasteiger partial charge < -0.3 is 11.1 Å². The highest BCUT2D eigenvalue weighted by Crippen LogP contribution is 2.21. The highest BCUT2D eigenvalue weighted by Gasteiger charge is 2.24. The van der Waals surface area contributed by atoms with Crippen LogP contribution >= 0.6 is 0 Å². The molecule has 3 nitrogen and oxygen atoms in total. The predicted octanol–water partition coefficient (Wildman–Crippen LogP) is 2.03. The topological polar surface area (TPSA) is 55.1 Å². The van der Waals surface area contributed by atoms with Gasteiger partial charge in [0, 0.05) is 6.04 Å². The van der Waals surface area contributed by atoms with Crippen molar-refractivity contribution in [2.45, 2.75) is 51.6 Å². The number of nitrogens with one attached hydrogen (secondary N) is 1. The average molecular weight is 260 g/mol. The summed E-state index contributed by atoms with van der Waals surface area (Å²) in [6.45, 7) is 4.09. The van der Waals surface area contributed by atoms with Gasteiger partial charge in [0.1, 0.15) is 0 Å². The summed E-state index contributed by atoms with van der Waals surface area (Å²) < 4.78 is 0. The molecule has 0 spiro atoms. The van der Waals surface area contributed by atoms with E-state index < -0.39 is 0 Å². The van der Waals surface area contributed by atoms with Crippen molar-refractivity contribution in [1.82, 2.24) is 5.32 Å². The van der Waals surface area contributed by atoms with Gasteiger partial charge in [-0.2, -0.15) is 0 Å². The summed E-state index contributed by atoms with van der Waals surface area (Å²) in [5, 5.41) is 3.11. The first kappa shape index (κ1) is 14.1. The number of nitrogens with two attached hydrogens (primary N) is 1. The van der Waals surface area contributed by atoms with Crippen LogP contribution in [-0.2, 0) is 17.6 Å². The lowest BCUT2D eigenvalue weighted by Crippen LogP contribution is -2.49. The van der Waals surface area contributed by atoms with Crippen molar-refractivity contribution in [3.63, 3.8) is 0 Å². The third-order valence-corrected chi connectivity index (χ3v) is 4.25. The van der Waals surface area contributed by atoms with Crippen LogP contribution in [-0.4, -0.2) is 18.0 Å². The third kappa shape index (κ3) is 3.35. The molecule has 1 aromatic carbocycles. The van der Waals surface area contributed by atoms with Crippen LogP contribution < -0.4 is 11.1 Å². The fraction of sp³-hybridized carbons (Fsp3) is 0.562. The highest BCUT2D eigenvalue weighted by atomic mass is 16.2. The van der Waals surface area contributed by atoms with Gasteiger partial charge in [-0.25, -0.2) is 0 Å². The van der Waals surface area contributed by atoms with Gasteiger partial charge in [-0.15, -0.1) is 0 Å². The van der Waals surface area contributed by atoms with Gasteiger partial charge in [-0.3, -0.25) is 4.79 Å². The van der Waals surface area contributed by atoms with E-state index in [1.54, 1.807) is 0 Å². The zero-order valence-electron chi connectivity index (χ0n) is 11.9. The van der Waals surface area contributed by atoms with Gasteiger partial charge in [-0.05, 0) is 36.3 Å². The number of carbonyl (C=O) groups excluding carboxylic acids is 1. The van der Waals surface area contributed by atoms with Gasteiger partial charge in [0.05, 0.1) is 6.04 Å². The van der Waals surface area contributed by atoms with E-state index >= 15 is 0 Å². The minimum absolute atomic E-state index is 0.00117. The fourth-order valence-corrected chi connectivity index (χ4v) is 2.63. The molecular weight excluding hydrogens is 236 g/mol. The average Bonchev–Trinajstić information content (AvgIpc) is 2.45. The third-order valence-electron chi connectivity index (χ3n) is 4.25. The Hall–Kier alpha value is -1.35. The molecule has 0 bridgehead atoms. The predicted molar refractivity (Wildman–Crippen MR) is 77.8 cm³/mol. The largest absolute Gasteiger partial charge is 0.352 e. The molecule has 1 aromatic rings. The Morgan fingerprint density at radius 3 is 2.79 bits per heavy atom. The van der Waals surface area contributed by atoms with Crippen LogP contribution in [0.1, 0.15) is 37.8 Å². The summed E-state index contributed by atoms with van der Waals surface area (Å²) in [6, 6.07) is 8.32. The standard InChI is InChI=1S/C16H24N2O/c1-3-11(2)15(17)16(19)18-14-9-8-12-6-4-5-7-13(12)10-14/h4-7,11,14-15H,3,8-10,17H2,1-2H3,(H,18,19)/t11?,14?,15-/m0/s1. The Bertz CT molecular complexity index is 444. The molecule has 2 unspecified atom stereocenters. The molecule has 19 heavy (non-hydrogen) atoms. The number of aryl methyl sites for hydroxylation is 1. The van der Waals surface area contributed by atoms with Crippen molar-refractivity contribution < 1.29 is 4.79 Å². The van der Waals surface area contributed by atoms with Crippen LogP contribution in [0, 0.1) is 5.92 Å². The fourth-order valence-electron chi connectivity index (χ4n) is 2.63.